The number of nitrogens with zero attached hydrogens (tertiary/aromatic N) is 7. The summed E-state index contributed by atoms with van der Waals surface area (Å²) in [5.41, 5.74) is 2.92. The first kappa shape index (κ1) is 35.5. The summed E-state index contributed by atoms with van der Waals surface area (Å²) in [4.78, 5) is 60.0. The van der Waals surface area contributed by atoms with Gasteiger partial charge in [0, 0.05) is 63.5 Å². The van der Waals surface area contributed by atoms with Crippen molar-refractivity contribution in [3.63, 3.8) is 0 Å². The molecule has 0 bridgehead atoms. The number of piperazine rings is 1. The van der Waals surface area contributed by atoms with Gasteiger partial charge in [-0.25, -0.2) is 8.78 Å². The van der Waals surface area contributed by atoms with Crippen LogP contribution in [0.1, 0.15) is 46.4 Å². The molecule has 2 aromatic carbocycles. The molecule has 3 aromatic rings. The van der Waals surface area contributed by atoms with E-state index < -0.39 is 48.1 Å². The molecule has 7 heterocycles. The topological polar surface area (TPSA) is 155 Å². The number of halogens is 2. The number of aromatic nitrogens is 2. The molecule has 0 aliphatic carbocycles. The minimum Gasteiger partial charge on any atom is -0.507 e. The number of rotatable bonds is 7. The fraction of sp³-hybridized carbons (Fsp3) is 0.487. The molecule has 6 aliphatic rings. The van der Waals surface area contributed by atoms with E-state index in [1.165, 1.54) is 12.1 Å². The molecule has 288 valence electrons. The van der Waals surface area contributed by atoms with E-state index in [9.17, 15) is 24.3 Å². The standard InChI is InChI=1S/C39H43F2N9O5/c40-39(41)22-48(25-5-6-27-29(15-25)38(55)50(37(27)54)31-7-8-34(52)43-36(31)53)20-24(39)19-46-11-9-23(10-12-46)18-47-13-14-49-26(21-47)17-42-35-32(49)16-30(44-45-35)28-3-1-2-4-33(28)51/h1-6,15-16,23-24,26,31,51H,7-14,17-22H2,(H,42,45)(H,43,52,53). The molecule has 6 aliphatic heterocycles. The van der Waals surface area contributed by atoms with Gasteiger partial charge in [-0.2, -0.15) is 0 Å². The zero-order chi connectivity index (χ0) is 38.0. The first-order valence-electron chi connectivity index (χ1n) is 19.1. The number of aromatic hydroxyl groups is 1. The average molecular weight is 756 g/mol. The Morgan fingerprint density at radius 3 is 2.44 bits per heavy atom. The summed E-state index contributed by atoms with van der Waals surface area (Å²) < 4.78 is 31.1. The lowest BCUT2D eigenvalue weighted by molar-refractivity contribution is -0.136. The van der Waals surface area contributed by atoms with Crippen molar-refractivity contribution in [3.05, 3.63) is 59.7 Å². The van der Waals surface area contributed by atoms with E-state index in [1.54, 1.807) is 23.1 Å². The summed E-state index contributed by atoms with van der Waals surface area (Å²) in [7, 11) is 0. The number of likely N-dealkylation sites (tertiary alicyclic amines) is 1. The van der Waals surface area contributed by atoms with Gasteiger partial charge in [-0.1, -0.05) is 12.1 Å². The van der Waals surface area contributed by atoms with Crippen molar-refractivity contribution in [1.82, 2.24) is 30.2 Å². The fourth-order valence-corrected chi connectivity index (χ4v) is 9.26. The van der Waals surface area contributed by atoms with E-state index in [0.717, 1.165) is 75.1 Å². The Bertz CT molecular complexity index is 2060. The van der Waals surface area contributed by atoms with Crippen LogP contribution in [0.5, 0.6) is 5.75 Å². The molecule has 3 N–H and O–H groups in total. The number of hydrogen-bond acceptors (Lipinski definition) is 12. The Balaban J connectivity index is 0.776. The Morgan fingerprint density at radius 2 is 1.64 bits per heavy atom. The van der Waals surface area contributed by atoms with Crippen LogP contribution in [0.2, 0.25) is 0 Å². The highest BCUT2D eigenvalue weighted by atomic mass is 19.3. The third-order valence-corrected chi connectivity index (χ3v) is 12.3. The predicted octanol–water partition coefficient (Wildman–Crippen LogP) is 2.65. The molecule has 3 unspecified atom stereocenters. The van der Waals surface area contributed by atoms with E-state index in [1.807, 2.05) is 18.2 Å². The number of anilines is 3. The molecule has 3 atom stereocenters. The van der Waals surface area contributed by atoms with Gasteiger partial charge >= 0.3 is 0 Å². The number of carbonyl (C=O) groups is 4. The molecule has 0 spiro atoms. The number of fused-ring (bicyclic) bond motifs is 4. The summed E-state index contributed by atoms with van der Waals surface area (Å²) in [5, 5.41) is 24.8. The minimum absolute atomic E-state index is 0.0180. The second-order valence-corrected chi connectivity index (χ2v) is 15.7. The molecule has 16 heteroatoms. The minimum atomic E-state index is -2.94. The number of benzene rings is 2. The summed E-state index contributed by atoms with van der Waals surface area (Å²) in [6, 6.07) is 12.9. The smallest absolute Gasteiger partial charge is 0.270 e. The van der Waals surface area contributed by atoms with Crippen molar-refractivity contribution in [2.75, 3.05) is 80.6 Å². The fourth-order valence-electron chi connectivity index (χ4n) is 9.26. The number of phenolic OH excluding ortho intramolecular Hbond substituents is 1. The van der Waals surface area contributed by atoms with Crippen molar-refractivity contribution in [1.29, 1.82) is 0 Å². The zero-order valence-corrected chi connectivity index (χ0v) is 30.3. The molecule has 14 nitrogen and oxygen atoms in total. The molecule has 1 aromatic heterocycles. The van der Waals surface area contributed by atoms with Crippen LogP contribution >= 0.6 is 0 Å². The van der Waals surface area contributed by atoms with Crippen LogP contribution in [0.4, 0.5) is 26.0 Å². The highest BCUT2D eigenvalue weighted by molar-refractivity contribution is 6.23. The molecule has 0 saturated carbocycles. The second kappa shape index (κ2) is 13.8. The predicted molar refractivity (Wildman–Crippen MR) is 198 cm³/mol. The first-order valence-corrected chi connectivity index (χ1v) is 19.1. The number of amides is 4. The molecular weight excluding hydrogens is 712 g/mol. The molecule has 55 heavy (non-hydrogen) atoms. The molecule has 4 saturated heterocycles. The van der Waals surface area contributed by atoms with Crippen LogP contribution in [0.3, 0.4) is 0 Å². The van der Waals surface area contributed by atoms with E-state index in [-0.39, 0.29) is 48.8 Å². The number of phenols is 1. The largest absolute Gasteiger partial charge is 0.507 e. The lowest BCUT2D eigenvalue weighted by Crippen LogP contribution is -2.58. The van der Waals surface area contributed by atoms with Gasteiger partial charge < -0.3 is 25.1 Å². The van der Waals surface area contributed by atoms with Crippen LogP contribution in [0.15, 0.2) is 48.5 Å². The van der Waals surface area contributed by atoms with Gasteiger partial charge in [0.25, 0.3) is 17.7 Å². The number of alkyl halides is 2. The molecule has 4 fully saturated rings. The van der Waals surface area contributed by atoms with Gasteiger partial charge in [0.1, 0.15) is 11.8 Å². The van der Waals surface area contributed by atoms with E-state index in [0.29, 0.717) is 22.9 Å². The van der Waals surface area contributed by atoms with Crippen molar-refractivity contribution >= 4 is 40.8 Å². The maximum Gasteiger partial charge on any atom is 0.270 e. The monoisotopic (exact) mass is 755 g/mol. The van der Waals surface area contributed by atoms with Crippen LogP contribution in [-0.2, 0) is 9.59 Å². The van der Waals surface area contributed by atoms with E-state index >= 15 is 8.78 Å². The van der Waals surface area contributed by atoms with Crippen LogP contribution in [0, 0.1) is 11.8 Å². The highest BCUT2D eigenvalue weighted by Crippen LogP contribution is 2.40. The zero-order valence-electron chi connectivity index (χ0n) is 30.3. The number of para-hydroxylation sites is 1. The molecule has 0 radical (unpaired) electrons. The molecule has 4 amide bonds. The summed E-state index contributed by atoms with van der Waals surface area (Å²) >= 11 is 0. The Labute approximate surface area is 316 Å². The quantitative estimate of drug-likeness (QED) is 0.304. The number of carbonyl (C=O) groups excluding carboxylic acids is 4. The first-order chi connectivity index (χ1) is 26.5. The third kappa shape index (κ3) is 6.54. The lowest BCUT2D eigenvalue weighted by Gasteiger charge is -2.47. The lowest BCUT2D eigenvalue weighted by atomic mass is 9.94. The van der Waals surface area contributed by atoms with Gasteiger partial charge in [0.15, 0.2) is 5.82 Å². The van der Waals surface area contributed by atoms with E-state index in [2.05, 4.69) is 35.5 Å². The SMILES string of the molecule is O=C1CCC(N2C(=O)c3ccc(N4CC(CN5CCC(CN6CCN7c8cc(-c9ccccc9O)nnc8NCC7C6)CC5)C(F)(F)C4)cc3C2=O)C(=O)N1. The third-order valence-electron chi connectivity index (χ3n) is 12.3. The molecular formula is C39H43F2N9O5. The summed E-state index contributed by atoms with van der Waals surface area (Å²) in [6.07, 6.45) is 1.95. The number of hydrogen-bond donors (Lipinski definition) is 3. The van der Waals surface area contributed by atoms with Crippen molar-refractivity contribution in [3.8, 4) is 17.0 Å². The van der Waals surface area contributed by atoms with Gasteiger partial charge in [-0.05, 0) is 74.7 Å². The van der Waals surface area contributed by atoms with Gasteiger partial charge in [0.2, 0.25) is 11.8 Å². The van der Waals surface area contributed by atoms with Crippen LogP contribution in [-0.4, -0.2) is 137 Å². The summed E-state index contributed by atoms with van der Waals surface area (Å²) in [5.74, 6) is -4.84. The second-order valence-electron chi connectivity index (χ2n) is 15.7. The van der Waals surface area contributed by atoms with Crippen molar-refractivity contribution in [2.45, 2.75) is 43.7 Å². The van der Waals surface area contributed by atoms with Crippen molar-refractivity contribution in [2.24, 2.45) is 11.8 Å². The Kier molecular flexibility index (Phi) is 8.91. The van der Waals surface area contributed by atoms with Gasteiger partial charge in [-0.3, -0.25) is 34.3 Å². The Morgan fingerprint density at radius 1 is 0.836 bits per heavy atom. The average Bonchev–Trinajstić information content (AvgIpc) is 3.61. The summed E-state index contributed by atoms with van der Waals surface area (Å²) in [6.45, 7) is 5.83. The number of nitrogens with one attached hydrogen (secondary N) is 2. The van der Waals surface area contributed by atoms with Crippen LogP contribution in [0.25, 0.3) is 11.3 Å². The van der Waals surface area contributed by atoms with Crippen molar-refractivity contribution < 1.29 is 33.1 Å². The highest BCUT2D eigenvalue weighted by Gasteiger charge is 2.50. The normalized spacial score (nSPS) is 25.8. The van der Waals surface area contributed by atoms with E-state index in [4.69, 9.17) is 0 Å². The molecule has 9 rings (SSSR count). The van der Waals surface area contributed by atoms with Gasteiger partial charge in [-0.15, -0.1) is 10.2 Å². The van der Waals surface area contributed by atoms with Gasteiger partial charge in [0.05, 0.1) is 41.0 Å². The number of imide groups is 2. The number of piperidine rings is 2. The maximum absolute atomic E-state index is 15.5. The van der Waals surface area contributed by atoms with Crippen LogP contribution < -0.4 is 20.4 Å². The Hall–Kier alpha value is -5.22. The maximum atomic E-state index is 15.5.